The molecule has 0 bridgehead atoms. The minimum Gasteiger partial charge on any atom is -0.327 e. The second kappa shape index (κ2) is 7.64. The second-order valence-corrected chi connectivity index (χ2v) is 8.83. The van der Waals surface area contributed by atoms with Crippen LogP contribution in [0.2, 0.25) is 0 Å². The van der Waals surface area contributed by atoms with Crippen LogP contribution in [0.1, 0.15) is 30.0 Å². The summed E-state index contributed by atoms with van der Waals surface area (Å²) < 4.78 is 25.6. The van der Waals surface area contributed by atoms with E-state index >= 15 is 0 Å². The Labute approximate surface area is 166 Å². The lowest BCUT2D eigenvalue weighted by Crippen LogP contribution is -2.41. The second-order valence-electron chi connectivity index (χ2n) is 5.91. The van der Waals surface area contributed by atoms with Crippen molar-refractivity contribution in [3.8, 4) is 5.95 Å². The number of rotatable bonds is 6. The minimum atomic E-state index is -3.72. The van der Waals surface area contributed by atoms with Gasteiger partial charge >= 0.3 is 0 Å². The summed E-state index contributed by atoms with van der Waals surface area (Å²) in [6.45, 7) is 2.95. The fourth-order valence-corrected chi connectivity index (χ4v) is 3.23. The van der Waals surface area contributed by atoms with Gasteiger partial charge in [-0.05, 0) is 25.1 Å². The summed E-state index contributed by atoms with van der Waals surface area (Å²) in [5.41, 5.74) is 0.387. The molecular weight excluding hydrogens is 404 g/mol. The molecule has 3 aromatic rings. The molecule has 0 saturated carbocycles. The number of nitrogens with one attached hydrogen (secondary N) is 1. The van der Waals surface area contributed by atoms with Gasteiger partial charge in [-0.15, -0.1) is 5.10 Å². The fraction of sp³-hybridized carbons (Fsp3) is 0.235. The Morgan fingerprint density at radius 3 is 2.43 bits per heavy atom. The number of nitrogens with zero attached hydrogens (tertiary/aromatic N) is 5. The molecule has 1 atom stereocenters. The molecule has 9 nitrogen and oxygen atoms in total. The zero-order chi connectivity index (χ0) is 20.4. The van der Waals surface area contributed by atoms with E-state index in [1.54, 1.807) is 36.4 Å². The number of sulfone groups is 1. The molecule has 146 valence electrons. The van der Waals surface area contributed by atoms with E-state index in [9.17, 15) is 13.2 Å². The number of aromatic nitrogens is 5. The predicted octanol–water partition coefficient (Wildman–Crippen LogP) is 1.69. The molecule has 2 heterocycles. The maximum absolute atomic E-state index is 12.5. The molecule has 0 aliphatic carbocycles. The van der Waals surface area contributed by atoms with E-state index in [0.717, 1.165) is 4.68 Å². The first-order valence-corrected chi connectivity index (χ1v) is 10.3. The quantitative estimate of drug-likeness (QED) is 0.476. The number of halogens is 1. The Morgan fingerprint density at radius 2 is 1.82 bits per heavy atom. The molecule has 0 fully saturated rings. The van der Waals surface area contributed by atoms with E-state index in [1.807, 2.05) is 0 Å². The Morgan fingerprint density at radius 1 is 1.18 bits per heavy atom. The van der Waals surface area contributed by atoms with Crippen LogP contribution in [0.5, 0.6) is 0 Å². The fourth-order valence-electron chi connectivity index (χ4n) is 2.33. The molecule has 0 radical (unpaired) electrons. The van der Waals surface area contributed by atoms with Gasteiger partial charge < -0.3 is 5.32 Å². The SMILES string of the molecule is CCS(=O)(=O)c1nc([C@](C)(Cl)NC(=O)c2ccccc2)n(-c2ncccn2)n1. The van der Waals surface area contributed by atoms with Crippen LogP contribution in [0.15, 0.2) is 53.9 Å². The highest BCUT2D eigenvalue weighted by Crippen LogP contribution is 2.27. The number of alkyl halides is 1. The van der Waals surface area contributed by atoms with Crippen LogP contribution in [0.4, 0.5) is 0 Å². The van der Waals surface area contributed by atoms with Gasteiger partial charge in [-0.1, -0.05) is 36.7 Å². The van der Waals surface area contributed by atoms with Crippen molar-refractivity contribution >= 4 is 27.3 Å². The summed E-state index contributed by atoms with van der Waals surface area (Å²) in [6.07, 6.45) is 2.94. The Kier molecular flexibility index (Phi) is 5.43. The third-order valence-electron chi connectivity index (χ3n) is 3.79. The monoisotopic (exact) mass is 420 g/mol. The van der Waals surface area contributed by atoms with Gasteiger partial charge in [-0.3, -0.25) is 4.79 Å². The highest BCUT2D eigenvalue weighted by Gasteiger charge is 2.36. The Balaban J connectivity index is 2.07. The van der Waals surface area contributed by atoms with Crippen LogP contribution < -0.4 is 5.32 Å². The first-order valence-electron chi connectivity index (χ1n) is 8.29. The average Bonchev–Trinajstić information content (AvgIpc) is 3.16. The lowest BCUT2D eigenvalue weighted by Gasteiger charge is -2.22. The summed E-state index contributed by atoms with van der Waals surface area (Å²) in [4.78, 5) is 23.2. The van der Waals surface area contributed by atoms with Crippen molar-refractivity contribution in [2.75, 3.05) is 5.75 Å². The van der Waals surface area contributed by atoms with Gasteiger partial charge in [0.05, 0.1) is 5.75 Å². The molecule has 3 rings (SSSR count). The van der Waals surface area contributed by atoms with Gasteiger partial charge in [0.1, 0.15) is 0 Å². The molecule has 1 aromatic carbocycles. The number of amides is 1. The first-order chi connectivity index (χ1) is 13.2. The molecule has 1 amide bonds. The highest BCUT2D eigenvalue weighted by atomic mass is 35.5. The molecule has 0 aliphatic rings. The van der Waals surface area contributed by atoms with E-state index in [1.165, 1.54) is 26.2 Å². The normalized spacial score (nSPS) is 13.7. The van der Waals surface area contributed by atoms with Gasteiger partial charge in [0, 0.05) is 18.0 Å². The molecule has 0 spiro atoms. The predicted molar refractivity (Wildman–Crippen MR) is 102 cm³/mol. The molecule has 0 aliphatic heterocycles. The van der Waals surface area contributed by atoms with Crippen LogP contribution in [0.3, 0.4) is 0 Å². The van der Waals surface area contributed by atoms with E-state index in [4.69, 9.17) is 11.6 Å². The summed E-state index contributed by atoms with van der Waals surface area (Å²) >= 11 is 6.56. The van der Waals surface area contributed by atoms with E-state index in [2.05, 4.69) is 25.4 Å². The number of benzene rings is 1. The van der Waals surface area contributed by atoms with Crippen LogP contribution in [0.25, 0.3) is 5.95 Å². The largest absolute Gasteiger partial charge is 0.327 e. The topological polar surface area (TPSA) is 120 Å². The van der Waals surface area contributed by atoms with Crippen LogP contribution in [-0.2, 0) is 14.8 Å². The molecule has 11 heteroatoms. The lowest BCUT2D eigenvalue weighted by atomic mass is 10.2. The van der Waals surface area contributed by atoms with Gasteiger partial charge in [-0.2, -0.15) is 9.67 Å². The molecule has 0 unspecified atom stereocenters. The van der Waals surface area contributed by atoms with Gasteiger partial charge in [-0.25, -0.2) is 18.4 Å². The zero-order valence-electron chi connectivity index (χ0n) is 15.1. The smallest absolute Gasteiger partial charge is 0.267 e. The maximum atomic E-state index is 12.5. The molecule has 28 heavy (non-hydrogen) atoms. The summed E-state index contributed by atoms with van der Waals surface area (Å²) in [6, 6.07) is 10.1. The molecule has 2 aromatic heterocycles. The van der Waals surface area contributed by atoms with Gasteiger partial charge in [0.2, 0.25) is 9.84 Å². The third kappa shape index (κ3) is 4.02. The van der Waals surface area contributed by atoms with Crippen LogP contribution in [-0.4, -0.2) is 44.8 Å². The number of hydrogen-bond acceptors (Lipinski definition) is 7. The van der Waals surface area contributed by atoms with E-state index in [-0.39, 0.29) is 17.5 Å². The highest BCUT2D eigenvalue weighted by molar-refractivity contribution is 7.91. The van der Waals surface area contributed by atoms with E-state index in [0.29, 0.717) is 5.56 Å². The van der Waals surface area contributed by atoms with Gasteiger partial charge in [0.25, 0.3) is 17.0 Å². The Hall–Kier alpha value is -2.85. The Bertz CT molecular complexity index is 1080. The van der Waals surface area contributed by atoms with Crippen molar-refractivity contribution in [2.24, 2.45) is 0 Å². The first kappa shape index (κ1) is 19.9. The van der Waals surface area contributed by atoms with Crippen LogP contribution in [0, 0.1) is 0 Å². The van der Waals surface area contributed by atoms with E-state index < -0.39 is 25.9 Å². The number of carbonyl (C=O) groups excluding carboxylic acids is 1. The summed E-state index contributed by atoms with van der Waals surface area (Å²) in [5.74, 6) is -0.608. The molecular formula is C17H17ClN6O3S. The van der Waals surface area contributed by atoms with Crippen molar-refractivity contribution in [2.45, 2.75) is 24.0 Å². The average molecular weight is 421 g/mol. The van der Waals surface area contributed by atoms with Crippen molar-refractivity contribution in [3.05, 3.63) is 60.2 Å². The van der Waals surface area contributed by atoms with Gasteiger partial charge in [0.15, 0.2) is 10.8 Å². The van der Waals surface area contributed by atoms with Crippen molar-refractivity contribution in [1.82, 2.24) is 30.0 Å². The summed E-state index contributed by atoms with van der Waals surface area (Å²) in [7, 11) is -3.72. The molecule has 1 N–H and O–H groups in total. The van der Waals surface area contributed by atoms with Crippen molar-refractivity contribution in [1.29, 1.82) is 0 Å². The number of carbonyl (C=O) groups is 1. The van der Waals surface area contributed by atoms with Crippen molar-refractivity contribution in [3.63, 3.8) is 0 Å². The zero-order valence-corrected chi connectivity index (χ0v) is 16.6. The standard InChI is InChI=1S/C17H17ClN6O3S/c1-3-28(26,27)16-21-14(24(23-16)15-19-10-7-11-20-15)17(2,18)22-13(25)12-8-5-4-6-9-12/h4-11H,3H2,1-2H3,(H,22,25)/t17-/m1/s1. The third-order valence-corrected chi connectivity index (χ3v) is 5.54. The summed E-state index contributed by atoms with van der Waals surface area (Å²) in [5, 5.41) is 6.24. The van der Waals surface area contributed by atoms with Crippen molar-refractivity contribution < 1.29 is 13.2 Å². The number of hydrogen-bond donors (Lipinski definition) is 1. The lowest BCUT2D eigenvalue weighted by molar-refractivity contribution is 0.0928. The molecule has 0 saturated heterocycles. The minimum absolute atomic E-state index is 0.0309. The van der Waals surface area contributed by atoms with Crippen LogP contribution >= 0.6 is 11.6 Å². The maximum Gasteiger partial charge on any atom is 0.267 e.